The van der Waals surface area contributed by atoms with Gasteiger partial charge in [0.25, 0.3) is 0 Å². The predicted octanol–water partition coefficient (Wildman–Crippen LogP) is 2.03. The summed E-state index contributed by atoms with van der Waals surface area (Å²) in [7, 11) is 1.91. The maximum Gasteiger partial charge on any atom is 0.236 e. The number of nitrogens with zero attached hydrogens (tertiary/aromatic N) is 2. The van der Waals surface area contributed by atoms with Crippen molar-refractivity contribution in [2.45, 2.75) is 39.3 Å². The summed E-state index contributed by atoms with van der Waals surface area (Å²) < 4.78 is 0. The van der Waals surface area contributed by atoms with Crippen LogP contribution in [0.3, 0.4) is 0 Å². The SMILES string of the molecule is CCCN(CC(=O)N(C)Cc1ccccc1C)C1CCNC1. The van der Waals surface area contributed by atoms with Crippen LogP contribution in [0.5, 0.6) is 0 Å². The number of hydrogen-bond donors (Lipinski definition) is 1. The number of amides is 1. The summed E-state index contributed by atoms with van der Waals surface area (Å²) >= 11 is 0. The Morgan fingerprint density at radius 1 is 1.36 bits per heavy atom. The molecule has 4 heteroatoms. The van der Waals surface area contributed by atoms with E-state index in [2.05, 4.69) is 36.2 Å². The molecular weight excluding hydrogens is 274 g/mol. The molecule has 1 aliphatic heterocycles. The molecule has 0 aromatic heterocycles. The smallest absolute Gasteiger partial charge is 0.236 e. The van der Waals surface area contributed by atoms with Crippen LogP contribution >= 0.6 is 0 Å². The Hall–Kier alpha value is -1.39. The van der Waals surface area contributed by atoms with Gasteiger partial charge in [0.05, 0.1) is 6.54 Å². The molecule has 1 N–H and O–H groups in total. The maximum absolute atomic E-state index is 12.6. The highest BCUT2D eigenvalue weighted by molar-refractivity contribution is 5.78. The molecular formula is C18H29N3O. The van der Waals surface area contributed by atoms with Crippen molar-refractivity contribution in [3.63, 3.8) is 0 Å². The van der Waals surface area contributed by atoms with E-state index in [9.17, 15) is 4.79 Å². The average molecular weight is 303 g/mol. The van der Waals surface area contributed by atoms with Crippen LogP contribution in [0, 0.1) is 6.92 Å². The van der Waals surface area contributed by atoms with Gasteiger partial charge in [0.1, 0.15) is 0 Å². The quantitative estimate of drug-likeness (QED) is 0.837. The molecule has 0 spiro atoms. The lowest BCUT2D eigenvalue weighted by Crippen LogP contribution is -2.44. The Morgan fingerprint density at radius 3 is 2.77 bits per heavy atom. The molecule has 2 rings (SSSR count). The first-order valence-electron chi connectivity index (χ1n) is 8.35. The molecule has 4 nitrogen and oxygen atoms in total. The Bertz CT molecular complexity index is 483. The fourth-order valence-corrected chi connectivity index (χ4v) is 3.05. The zero-order valence-corrected chi connectivity index (χ0v) is 14.1. The molecule has 1 fully saturated rings. The van der Waals surface area contributed by atoms with Crippen molar-refractivity contribution in [2.24, 2.45) is 0 Å². The fraction of sp³-hybridized carbons (Fsp3) is 0.611. The standard InChI is InChI=1S/C18H29N3O/c1-4-11-21(17-9-10-19-12-17)14-18(22)20(3)13-16-8-6-5-7-15(16)2/h5-8,17,19H,4,9-14H2,1-3H3. The highest BCUT2D eigenvalue weighted by Crippen LogP contribution is 2.12. The Labute approximate surface area is 134 Å². The van der Waals surface area contributed by atoms with E-state index >= 15 is 0 Å². The summed E-state index contributed by atoms with van der Waals surface area (Å²) in [4.78, 5) is 16.8. The molecule has 122 valence electrons. The summed E-state index contributed by atoms with van der Waals surface area (Å²) in [5.41, 5.74) is 2.47. The summed E-state index contributed by atoms with van der Waals surface area (Å²) in [6.07, 6.45) is 2.24. The van der Waals surface area contributed by atoms with Crippen LogP contribution < -0.4 is 5.32 Å². The molecule has 0 saturated carbocycles. The van der Waals surface area contributed by atoms with Gasteiger partial charge in [0, 0.05) is 26.2 Å². The zero-order valence-electron chi connectivity index (χ0n) is 14.1. The van der Waals surface area contributed by atoms with Gasteiger partial charge in [-0.05, 0) is 44.0 Å². The molecule has 1 aliphatic rings. The molecule has 0 radical (unpaired) electrons. The van der Waals surface area contributed by atoms with Crippen molar-refractivity contribution in [2.75, 3.05) is 33.2 Å². The lowest BCUT2D eigenvalue weighted by atomic mass is 10.1. The number of carbonyl (C=O) groups is 1. The zero-order chi connectivity index (χ0) is 15.9. The van der Waals surface area contributed by atoms with Crippen LogP contribution in [0.25, 0.3) is 0 Å². The largest absolute Gasteiger partial charge is 0.340 e. The lowest BCUT2D eigenvalue weighted by Gasteiger charge is -2.29. The first kappa shape index (κ1) is 17.0. The summed E-state index contributed by atoms with van der Waals surface area (Å²) in [6, 6.07) is 8.78. The molecule has 1 aromatic rings. The van der Waals surface area contributed by atoms with Crippen molar-refractivity contribution in [1.82, 2.24) is 15.1 Å². The number of likely N-dealkylation sites (N-methyl/N-ethyl adjacent to an activating group) is 1. The number of nitrogens with one attached hydrogen (secondary N) is 1. The second kappa shape index (κ2) is 8.30. The Balaban J connectivity index is 1.92. The molecule has 1 aromatic carbocycles. The fourth-order valence-electron chi connectivity index (χ4n) is 3.05. The van der Waals surface area contributed by atoms with Crippen molar-refractivity contribution in [3.8, 4) is 0 Å². The lowest BCUT2D eigenvalue weighted by molar-refractivity contribution is -0.132. The summed E-state index contributed by atoms with van der Waals surface area (Å²) in [5, 5.41) is 3.39. The van der Waals surface area contributed by atoms with Crippen LogP contribution in [0.15, 0.2) is 24.3 Å². The van der Waals surface area contributed by atoms with E-state index in [1.54, 1.807) is 0 Å². The normalized spacial score (nSPS) is 17.9. The number of carbonyl (C=O) groups excluding carboxylic acids is 1. The second-order valence-corrected chi connectivity index (χ2v) is 6.29. The second-order valence-electron chi connectivity index (χ2n) is 6.29. The van der Waals surface area contributed by atoms with E-state index < -0.39 is 0 Å². The monoisotopic (exact) mass is 303 g/mol. The summed E-state index contributed by atoms with van der Waals surface area (Å²) in [6.45, 7) is 8.57. The van der Waals surface area contributed by atoms with Gasteiger partial charge < -0.3 is 10.2 Å². The summed E-state index contributed by atoms with van der Waals surface area (Å²) in [5.74, 6) is 0.212. The minimum absolute atomic E-state index is 0.212. The highest BCUT2D eigenvalue weighted by atomic mass is 16.2. The Kier molecular flexibility index (Phi) is 6.40. The van der Waals surface area contributed by atoms with E-state index in [1.807, 2.05) is 24.1 Å². The van der Waals surface area contributed by atoms with Crippen LogP contribution in [0.4, 0.5) is 0 Å². The van der Waals surface area contributed by atoms with Crippen molar-refractivity contribution < 1.29 is 4.79 Å². The molecule has 0 aliphatic carbocycles. The van der Waals surface area contributed by atoms with E-state index in [1.165, 1.54) is 11.1 Å². The van der Waals surface area contributed by atoms with Gasteiger partial charge in [-0.2, -0.15) is 0 Å². The maximum atomic E-state index is 12.6. The van der Waals surface area contributed by atoms with Crippen LogP contribution in [0.2, 0.25) is 0 Å². The third kappa shape index (κ3) is 4.55. The molecule has 1 heterocycles. The van der Waals surface area contributed by atoms with E-state index in [-0.39, 0.29) is 5.91 Å². The molecule has 1 saturated heterocycles. The predicted molar refractivity (Wildman–Crippen MR) is 90.8 cm³/mol. The number of hydrogen-bond acceptors (Lipinski definition) is 3. The highest BCUT2D eigenvalue weighted by Gasteiger charge is 2.24. The minimum atomic E-state index is 0.212. The first-order chi connectivity index (χ1) is 10.6. The third-order valence-electron chi connectivity index (χ3n) is 4.49. The van der Waals surface area contributed by atoms with Gasteiger partial charge in [-0.15, -0.1) is 0 Å². The number of aryl methyl sites for hydroxylation is 1. The van der Waals surface area contributed by atoms with Crippen LogP contribution in [-0.2, 0) is 11.3 Å². The average Bonchev–Trinajstić information content (AvgIpc) is 3.03. The molecule has 1 atom stereocenters. The molecule has 1 unspecified atom stereocenters. The van der Waals surface area contributed by atoms with Crippen LogP contribution in [-0.4, -0.2) is 55.0 Å². The van der Waals surface area contributed by atoms with Gasteiger partial charge in [0.15, 0.2) is 0 Å². The van der Waals surface area contributed by atoms with Gasteiger partial charge in [-0.25, -0.2) is 0 Å². The number of benzene rings is 1. The molecule has 1 amide bonds. The van der Waals surface area contributed by atoms with Gasteiger partial charge in [0.2, 0.25) is 5.91 Å². The van der Waals surface area contributed by atoms with Gasteiger partial charge >= 0.3 is 0 Å². The third-order valence-corrected chi connectivity index (χ3v) is 4.49. The minimum Gasteiger partial charge on any atom is -0.340 e. The first-order valence-corrected chi connectivity index (χ1v) is 8.35. The van der Waals surface area contributed by atoms with E-state index in [4.69, 9.17) is 0 Å². The van der Waals surface area contributed by atoms with Crippen molar-refractivity contribution in [1.29, 1.82) is 0 Å². The van der Waals surface area contributed by atoms with Crippen molar-refractivity contribution in [3.05, 3.63) is 35.4 Å². The Morgan fingerprint density at radius 2 is 2.14 bits per heavy atom. The van der Waals surface area contributed by atoms with Crippen molar-refractivity contribution >= 4 is 5.91 Å². The van der Waals surface area contributed by atoms with Gasteiger partial charge in [-0.1, -0.05) is 31.2 Å². The van der Waals surface area contributed by atoms with Gasteiger partial charge in [-0.3, -0.25) is 9.69 Å². The van der Waals surface area contributed by atoms with E-state index in [0.717, 1.165) is 32.5 Å². The number of rotatable bonds is 7. The molecule has 0 bridgehead atoms. The van der Waals surface area contributed by atoms with Crippen LogP contribution in [0.1, 0.15) is 30.9 Å². The topological polar surface area (TPSA) is 35.6 Å². The van der Waals surface area contributed by atoms with E-state index in [0.29, 0.717) is 19.1 Å². The molecule has 22 heavy (non-hydrogen) atoms.